The molecule has 0 bridgehead atoms. The lowest BCUT2D eigenvalue weighted by molar-refractivity contribution is -0.109. The van der Waals surface area contributed by atoms with E-state index in [9.17, 15) is 14.4 Å². The van der Waals surface area contributed by atoms with E-state index in [1.165, 1.54) is 25.5 Å². The standard InChI is InChI=1S/C16H13ClN4O4S/c1-8(22)20-15-13(26-9(2)23)12(16(24)25-3)18-21(15)14(19-20)10-4-6-11(17)7-5-10/h4-7H,1-3H3. The number of rotatable bonds is 3. The quantitative estimate of drug-likeness (QED) is 0.499. The van der Waals surface area contributed by atoms with Crippen LogP contribution in [0, 0.1) is 0 Å². The van der Waals surface area contributed by atoms with Crippen LogP contribution in [0.3, 0.4) is 0 Å². The van der Waals surface area contributed by atoms with Crippen LogP contribution in [0.25, 0.3) is 17.0 Å². The van der Waals surface area contributed by atoms with Crippen molar-refractivity contribution >= 4 is 46.0 Å². The topological polar surface area (TPSA) is 95.6 Å². The lowest BCUT2D eigenvalue weighted by Gasteiger charge is -2.00. The first-order valence-electron chi connectivity index (χ1n) is 7.38. The van der Waals surface area contributed by atoms with Gasteiger partial charge in [0, 0.05) is 24.4 Å². The van der Waals surface area contributed by atoms with Crippen molar-refractivity contribution in [2.45, 2.75) is 18.7 Å². The molecule has 3 aromatic rings. The molecule has 0 fully saturated rings. The van der Waals surface area contributed by atoms with Crippen LogP contribution in [0.2, 0.25) is 5.02 Å². The SMILES string of the molecule is COC(=O)c1nn2c(-c3ccc(Cl)cc3)nn(C(C)=O)c2c1SC(C)=O. The van der Waals surface area contributed by atoms with Gasteiger partial charge in [-0.05, 0) is 36.0 Å². The minimum Gasteiger partial charge on any atom is -0.464 e. The molecule has 26 heavy (non-hydrogen) atoms. The van der Waals surface area contributed by atoms with Crippen LogP contribution in [-0.4, -0.2) is 43.5 Å². The van der Waals surface area contributed by atoms with E-state index < -0.39 is 11.9 Å². The first-order valence-corrected chi connectivity index (χ1v) is 8.58. The molecule has 3 rings (SSSR count). The Morgan fingerprint density at radius 1 is 1.12 bits per heavy atom. The van der Waals surface area contributed by atoms with Crippen LogP contribution < -0.4 is 0 Å². The maximum atomic E-state index is 12.1. The number of hydrogen-bond donors (Lipinski definition) is 0. The molecule has 2 aromatic heterocycles. The number of nitrogens with zero attached hydrogens (tertiary/aromatic N) is 4. The monoisotopic (exact) mass is 392 g/mol. The molecule has 0 unspecified atom stereocenters. The van der Waals surface area contributed by atoms with Crippen molar-refractivity contribution in [1.82, 2.24) is 19.4 Å². The van der Waals surface area contributed by atoms with Crippen molar-refractivity contribution in [3.8, 4) is 11.4 Å². The molecular formula is C16H13ClN4O4S. The number of hydrogen-bond acceptors (Lipinski definition) is 7. The van der Waals surface area contributed by atoms with Crippen LogP contribution in [0.4, 0.5) is 0 Å². The van der Waals surface area contributed by atoms with Crippen molar-refractivity contribution in [3.05, 3.63) is 35.0 Å². The normalized spacial score (nSPS) is 10.9. The number of esters is 1. The highest BCUT2D eigenvalue weighted by atomic mass is 35.5. The summed E-state index contributed by atoms with van der Waals surface area (Å²) in [5.74, 6) is -0.779. The Morgan fingerprint density at radius 3 is 2.31 bits per heavy atom. The molecule has 0 spiro atoms. The fraction of sp³-hybridized carbons (Fsp3) is 0.188. The second-order valence-electron chi connectivity index (χ2n) is 5.26. The summed E-state index contributed by atoms with van der Waals surface area (Å²) in [5.41, 5.74) is 0.802. The van der Waals surface area contributed by atoms with Gasteiger partial charge in [-0.3, -0.25) is 9.59 Å². The molecule has 2 heterocycles. The van der Waals surface area contributed by atoms with E-state index in [0.29, 0.717) is 16.4 Å². The van der Waals surface area contributed by atoms with Gasteiger partial charge in [-0.15, -0.1) is 5.10 Å². The fourth-order valence-electron chi connectivity index (χ4n) is 2.38. The minimum absolute atomic E-state index is 0.0599. The number of halogens is 1. The second kappa shape index (κ2) is 6.93. The Balaban J connectivity index is 2.36. The number of ether oxygens (including phenoxy) is 1. The summed E-state index contributed by atoms with van der Waals surface area (Å²) >= 11 is 6.71. The van der Waals surface area contributed by atoms with E-state index in [0.717, 1.165) is 16.4 Å². The van der Waals surface area contributed by atoms with E-state index in [1.54, 1.807) is 24.3 Å². The largest absolute Gasteiger partial charge is 0.464 e. The average molecular weight is 393 g/mol. The van der Waals surface area contributed by atoms with Gasteiger partial charge >= 0.3 is 5.97 Å². The highest BCUT2D eigenvalue weighted by molar-refractivity contribution is 8.13. The summed E-state index contributed by atoms with van der Waals surface area (Å²) in [5, 5.41) is 8.80. The Bertz CT molecular complexity index is 1040. The average Bonchev–Trinajstić information content (AvgIpc) is 3.13. The smallest absolute Gasteiger partial charge is 0.359 e. The van der Waals surface area contributed by atoms with Gasteiger partial charge in [0.25, 0.3) is 0 Å². The number of thioether (sulfide) groups is 1. The summed E-state index contributed by atoms with van der Waals surface area (Å²) in [4.78, 5) is 36.0. The molecule has 0 saturated heterocycles. The van der Waals surface area contributed by atoms with Crippen LogP contribution in [0.1, 0.15) is 29.1 Å². The molecule has 0 aliphatic heterocycles. The van der Waals surface area contributed by atoms with Crippen LogP contribution in [0.5, 0.6) is 0 Å². The summed E-state index contributed by atoms with van der Waals surface area (Å²) in [6, 6.07) is 6.77. The van der Waals surface area contributed by atoms with E-state index in [-0.39, 0.29) is 21.4 Å². The molecule has 0 aliphatic rings. The number of benzene rings is 1. The van der Waals surface area contributed by atoms with Crippen molar-refractivity contribution in [1.29, 1.82) is 0 Å². The zero-order valence-electron chi connectivity index (χ0n) is 14.0. The number of aromatic nitrogens is 4. The number of methoxy groups -OCH3 is 1. The fourth-order valence-corrected chi connectivity index (χ4v) is 3.28. The third-order valence-corrected chi connectivity index (χ3v) is 4.56. The lowest BCUT2D eigenvalue weighted by Crippen LogP contribution is -2.09. The van der Waals surface area contributed by atoms with E-state index >= 15 is 0 Å². The van der Waals surface area contributed by atoms with Gasteiger partial charge in [-0.2, -0.15) is 14.3 Å². The second-order valence-corrected chi connectivity index (χ2v) is 6.88. The molecule has 10 heteroatoms. The van der Waals surface area contributed by atoms with Gasteiger partial charge in [0.15, 0.2) is 22.3 Å². The summed E-state index contributed by atoms with van der Waals surface area (Å²) in [6.07, 6.45) is 0. The van der Waals surface area contributed by atoms with Crippen LogP contribution in [0.15, 0.2) is 29.2 Å². The number of carbonyl (C=O) groups is 3. The van der Waals surface area contributed by atoms with Crippen molar-refractivity contribution in [3.63, 3.8) is 0 Å². The Morgan fingerprint density at radius 2 is 1.77 bits per heavy atom. The predicted octanol–water partition coefficient (Wildman–Crippen LogP) is 2.94. The number of carbonyl (C=O) groups excluding carboxylic acids is 3. The maximum Gasteiger partial charge on any atom is 0.359 e. The molecule has 0 N–H and O–H groups in total. The highest BCUT2D eigenvalue weighted by Gasteiger charge is 2.28. The van der Waals surface area contributed by atoms with Gasteiger partial charge in [0.1, 0.15) is 0 Å². The molecule has 0 saturated carbocycles. The van der Waals surface area contributed by atoms with Crippen molar-refractivity contribution < 1.29 is 19.1 Å². The summed E-state index contributed by atoms with van der Waals surface area (Å²) < 4.78 is 7.20. The Kier molecular flexibility index (Phi) is 4.84. The molecule has 0 amide bonds. The van der Waals surface area contributed by atoms with Gasteiger partial charge < -0.3 is 4.74 Å². The van der Waals surface area contributed by atoms with Crippen molar-refractivity contribution in [2.75, 3.05) is 7.11 Å². The van der Waals surface area contributed by atoms with Crippen molar-refractivity contribution in [2.24, 2.45) is 0 Å². The summed E-state index contributed by atoms with van der Waals surface area (Å²) in [7, 11) is 1.21. The van der Waals surface area contributed by atoms with E-state index in [2.05, 4.69) is 10.2 Å². The first kappa shape index (κ1) is 18.2. The molecule has 0 radical (unpaired) electrons. The zero-order chi connectivity index (χ0) is 19.0. The van der Waals surface area contributed by atoms with Gasteiger partial charge in [0.05, 0.1) is 12.0 Å². The molecule has 8 nitrogen and oxygen atoms in total. The minimum atomic E-state index is -0.713. The first-order chi connectivity index (χ1) is 12.3. The van der Waals surface area contributed by atoms with Gasteiger partial charge in [-0.25, -0.2) is 4.79 Å². The van der Waals surface area contributed by atoms with Gasteiger partial charge in [-0.1, -0.05) is 11.6 Å². The predicted molar refractivity (Wildman–Crippen MR) is 95.6 cm³/mol. The molecular weight excluding hydrogens is 380 g/mol. The Labute approximate surface area is 157 Å². The van der Waals surface area contributed by atoms with Crippen LogP contribution in [-0.2, 0) is 9.53 Å². The molecule has 0 atom stereocenters. The zero-order valence-corrected chi connectivity index (χ0v) is 15.6. The third kappa shape index (κ3) is 3.11. The lowest BCUT2D eigenvalue weighted by atomic mass is 10.2. The Hall–Kier alpha value is -2.65. The maximum absolute atomic E-state index is 12.1. The molecule has 1 aromatic carbocycles. The highest BCUT2D eigenvalue weighted by Crippen LogP contribution is 2.32. The van der Waals surface area contributed by atoms with E-state index in [1.807, 2.05) is 0 Å². The molecule has 134 valence electrons. The summed E-state index contributed by atoms with van der Waals surface area (Å²) in [6.45, 7) is 2.68. The third-order valence-electron chi connectivity index (χ3n) is 3.44. The molecule has 0 aliphatic carbocycles. The van der Waals surface area contributed by atoms with E-state index in [4.69, 9.17) is 16.3 Å². The van der Waals surface area contributed by atoms with Gasteiger partial charge in [0.2, 0.25) is 5.91 Å². The number of fused-ring (bicyclic) bond motifs is 1. The van der Waals surface area contributed by atoms with Crippen LogP contribution >= 0.6 is 23.4 Å².